The van der Waals surface area contributed by atoms with Crippen molar-refractivity contribution in [1.82, 2.24) is 20.4 Å². The second-order valence-corrected chi connectivity index (χ2v) is 4.83. The van der Waals surface area contributed by atoms with Gasteiger partial charge in [-0.05, 0) is 19.8 Å². The Morgan fingerprint density at radius 3 is 2.42 bits per heavy atom. The second-order valence-electron chi connectivity index (χ2n) is 4.83. The van der Waals surface area contributed by atoms with E-state index in [1.807, 2.05) is 27.7 Å². The maximum atomic E-state index is 12.1. The van der Waals surface area contributed by atoms with Crippen molar-refractivity contribution in [3.05, 3.63) is 22.6 Å². The molecule has 2 heterocycles. The summed E-state index contributed by atoms with van der Waals surface area (Å²) in [6.45, 7) is 7.72. The molecule has 0 aromatic carbocycles. The number of H-pyrrole nitrogens is 2. The van der Waals surface area contributed by atoms with Crippen LogP contribution in [0.1, 0.15) is 47.2 Å². The van der Waals surface area contributed by atoms with E-state index in [9.17, 15) is 4.79 Å². The summed E-state index contributed by atoms with van der Waals surface area (Å²) in [7, 11) is 0. The molecule has 2 rings (SSSR count). The fourth-order valence-corrected chi connectivity index (χ4v) is 1.75. The van der Waals surface area contributed by atoms with Gasteiger partial charge < -0.3 is 11.1 Å². The first-order chi connectivity index (χ1) is 8.91. The van der Waals surface area contributed by atoms with Gasteiger partial charge in [-0.1, -0.05) is 13.8 Å². The topological polar surface area (TPSA) is 112 Å². The van der Waals surface area contributed by atoms with E-state index < -0.39 is 0 Å². The highest BCUT2D eigenvalue weighted by Crippen LogP contribution is 2.23. The van der Waals surface area contributed by atoms with Crippen molar-refractivity contribution in [3.63, 3.8) is 0 Å². The molecule has 7 heteroatoms. The Hall–Kier alpha value is -2.31. The highest BCUT2D eigenvalue weighted by molar-refractivity contribution is 6.06. The first-order valence-corrected chi connectivity index (χ1v) is 6.08. The molecule has 0 aliphatic rings. The Kier molecular flexibility index (Phi) is 3.28. The molecule has 7 nitrogen and oxygen atoms in total. The molecule has 1 amide bonds. The maximum Gasteiger partial charge on any atom is 0.279 e. The molecule has 0 saturated heterocycles. The van der Waals surface area contributed by atoms with Gasteiger partial charge in [0.05, 0.1) is 11.4 Å². The fraction of sp³-hybridized carbons (Fsp3) is 0.417. The molecule has 2 aromatic heterocycles. The van der Waals surface area contributed by atoms with Gasteiger partial charge in [0.15, 0.2) is 11.5 Å². The van der Waals surface area contributed by atoms with Gasteiger partial charge in [-0.2, -0.15) is 10.2 Å². The van der Waals surface area contributed by atoms with Crippen LogP contribution < -0.4 is 11.1 Å². The summed E-state index contributed by atoms with van der Waals surface area (Å²) in [5, 5.41) is 16.3. The van der Waals surface area contributed by atoms with Crippen molar-refractivity contribution in [1.29, 1.82) is 0 Å². The number of hydrogen-bond donors (Lipinski definition) is 4. The number of carbonyl (C=O) groups excluding carboxylic acids is 1. The lowest BCUT2D eigenvalue weighted by molar-refractivity contribution is 0.102. The third-order valence-corrected chi connectivity index (χ3v) is 3.11. The van der Waals surface area contributed by atoms with Crippen LogP contribution in [0.5, 0.6) is 0 Å². The van der Waals surface area contributed by atoms with Gasteiger partial charge >= 0.3 is 0 Å². The zero-order chi connectivity index (χ0) is 14.2. The summed E-state index contributed by atoms with van der Waals surface area (Å²) in [5.41, 5.74) is 9.07. The highest BCUT2D eigenvalue weighted by Gasteiger charge is 2.20. The van der Waals surface area contributed by atoms with Crippen LogP contribution in [0.3, 0.4) is 0 Å². The first kappa shape index (κ1) is 13.1. The quantitative estimate of drug-likeness (QED) is 0.674. The number of nitrogen functional groups attached to an aromatic ring is 1. The average Bonchev–Trinajstić information content (AvgIpc) is 2.87. The van der Waals surface area contributed by atoms with E-state index in [-0.39, 0.29) is 17.5 Å². The van der Waals surface area contributed by atoms with Gasteiger partial charge in [0.1, 0.15) is 0 Å². The molecule has 0 fully saturated rings. The molecule has 0 bridgehead atoms. The first-order valence-electron chi connectivity index (χ1n) is 6.08. The zero-order valence-electron chi connectivity index (χ0n) is 11.5. The number of aromatic nitrogens is 4. The van der Waals surface area contributed by atoms with E-state index in [1.54, 1.807) is 0 Å². The van der Waals surface area contributed by atoms with Gasteiger partial charge in [0, 0.05) is 11.3 Å². The number of carbonyl (C=O) groups is 1. The molecule has 0 radical (unpaired) electrons. The number of amides is 1. The van der Waals surface area contributed by atoms with Crippen LogP contribution in [0.2, 0.25) is 0 Å². The number of hydrogen-bond acceptors (Lipinski definition) is 4. The van der Waals surface area contributed by atoms with Crippen molar-refractivity contribution in [2.24, 2.45) is 0 Å². The lowest BCUT2D eigenvalue weighted by atomic mass is 10.1. The molecule has 0 aliphatic carbocycles. The smallest absolute Gasteiger partial charge is 0.279 e. The number of nitrogens with one attached hydrogen (secondary N) is 3. The number of rotatable bonds is 3. The molecule has 2 aromatic rings. The Morgan fingerprint density at radius 2 is 1.95 bits per heavy atom. The van der Waals surface area contributed by atoms with Crippen LogP contribution in [0, 0.1) is 13.8 Å². The van der Waals surface area contributed by atoms with Crippen LogP contribution in [-0.4, -0.2) is 26.3 Å². The lowest BCUT2D eigenvalue weighted by Crippen LogP contribution is -2.15. The van der Waals surface area contributed by atoms with E-state index in [1.165, 1.54) is 0 Å². The maximum absolute atomic E-state index is 12.1. The summed E-state index contributed by atoms with van der Waals surface area (Å²) >= 11 is 0. The van der Waals surface area contributed by atoms with Gasteiger partial charge in [0.2, 0.25) is 0 Å². The zero-order valence-corrected chi connectivity index (χ0v) is 11.5. The van der Waals surface area contributed by atoms with Crippen molar-refractivity contribution in [3.8, 4) is 0 Å². The minimum absolute atomic E-state index is 0.184. The summed E-state index contributed by atoms with van der Waals surface area (Å²) < 4.78 is 0. The van der Waals surface area contributed by atoms with Crippen LogP contribution in [0.25, 0.3) is 0 Å². The van der Waals surface area contributed by atoms with Crippen molar-refractivity contribution in [2.45, 2.75) is 33.6 Å². The molecule has 0 saturated carbocycles. The van der Waals surface area contributed by atoms with E-state index in [4.69, 9.17) is 5.73 Å². The fourth-order valence-electron chi connectivity index (χ4n) is 1.75. The Bertz CT molecular complexity index is 610. The van der Waals surface area contributed by atoms with Gasteiger partial charge in [0.25, 0.3) is 5.91 Å². The minimum Gasteiger partial charge on any atom is -0.395 e. The van der Waals surface area contributed by atoms with Crippen LogP contribution in [0.15, 0.2) is 0 Å². The van der Waals surface area contributed by atoms with Gasteiger partial charge in [-0.3, -0.25) is 15.0 Å². The molecule has 0 atom stereocenters. The Labute approximate surface area is 111 Å². The number of nitrogens with two attached hydrogens (primary N) is 1. The summed E-state index contributed by atoms with van der Waals surface area (Å²) in [6, 6.07) is 0. The average molecular weight is 262 g/mol. The molecular formula is C12H18N6O. The van der Waals surface area contributed by atoms with Gasteiger partial charge in [-0.25, -0.2) is 0 Å². The normalized spacial score (nSPS) is 11.0. The lowest BCUT2D eigenvalue weighted by Gasteiger charge is -2.03. The Morgan fingerprint density at radius 1 is 1.26 bits per heavy atom. The van der Waals surface area contributed by atoms with Crippen molar-refractivity contribution < 1.29 is 4.79 Å². The number of aryl methyl sites for hydroxylation is 1. The summed E-state index contributed by atoms with van der Waals surface area (Å²) in [6.07, 6.45) is 0. The largest absolute Gasteiger partial charge is 0.395 e. The summed E-state index contributed by atoms with van der Waals surface area (Å²) in [5.74, 6) is 0.315. The van der Waals surface area contributed by atoms with Crippen LogP contribution in [-0.2, 0) is 0 Å². The third-order valence-electron chi connectivity index (χ3n) is 3.11. The molecule has 19 heavy (non-hydrogen) atoms. The van der Waals surface area contributed by atoms with Gasteiger partial charge in [-0.15, -0.1) is 0 Å². The van der Waals surface area contributed by atoms with Crippen LogP contribution in [0.4, 0.5) is 11.5 Å². The van der Waals surface area contributed by atoms with Crippen molar-refractivity contribution >= 4 is 17.4 Å². The summed E-state index contributed by atoms with van der Waals surface area (Å²) in [4.78, 5) is 12.1. The molecule has 0 unspecified atom stereocenters. The molecular weight excluding hydrogens is 244 g/mol. The SMILES string of the molecule is Cc1[nH]nc(NC(=O)c2n[nH]c(C(C)C)c2N)c1C. The molecule has 0 spiro atoms. The predicted molar refractivity (Wildman–Crippen MR) is 73.1 cm³/mol. The monoisotopic (exact) mass is 262 g/mol. The minimum atomic E-state index is -0.366. The number of aromatic amines is 2. The third kappa shape index (κ3) is 2.31. The van der Waals surface area contributed by atoms with E-state index in [2.05, 4.69) is 25.7 Å². The standard InChI is InChI=1S/C12H18N6O/c1-5(2)9-8(13)10(17-16-9)12(19)14-11-6(3)7(4)15-18-11/h5H,13H2,1-4H3,(H,16,17)(H2,14,15,18,19). The van der Waals surface area contributed by atoms with E-state index in [0.717, 1.165) is 17.0 Å². The molecule has 0 aliphatic heterocycles. The molecule has 5 N–H and O–H groups in total. The highest BCUT2D eigenvalue weighted by atomic mass is 16.2. The van der Waals surface area contributed by atoms with E-state index >= 15 is 0 Å². The van der Waals surface area contributed by atoms with Crippen molar-refractivity contribution in [2.75, 3.05) is 11.1 Å². The second kappa shape index (κ2) is 4.75. The van der Waals surface area contributed by atoms with Crippen LogP contribution >= 0.6 is 0 Å². The predicted octanol–water partition coefficient (Wildman–Crippen LogP) is 1.71. The number of nitrogens with zero attached hydrogens (tertiary/aromatic N) is 2. The number of anilines is 2. The Balaban J connectivity index is 2.23. The van der Waals surface area contributed by atoms with E-state index in [0.29, 0.717) is 11.5 Å². The molecule has 102 valence electrons.